The molecule has 0 aromatic rings. The summed E-state index contributed by atoms with van der Waals surface area (Å²) >= 11 is 0. The minimum atomic E-state index is 0.528. The Morgan fingerprint density at radius 3 is 2.00 bits per heavy atom. The molecule has 1 aliphatic rings. The predicted octanol–water partition coefficient (Wildman–Crippen LogP) is 0.943. The molecule has 0 unspecified atom stereocenters. The van der Waals surface area contributed by atoms with Gasteiger partial charge in [-0.1, -0.05) is 13.8 Å². The first kappa shape index (κ1) is 8.02. The first-order valence-electron chi connectivity index (χ1n) is 4.12. The van der Waals surface area contributed by atoms with E-state index in [9.17, 15) is 0 Å². The largest absolute Gasteiger partial charge is 0.304 e. The Labute approximate surface area is 63.4 Å². The lowest BCUT2D eigenvalue weighted by Gasteiger charge is -2.27. The van der Waals surface area contributed by atoms with Gasteiger partial charge in [0.25, 0.3) is 0 Å². The van der Waals surface area contributed by atoms with E-state index in [1.165, 1.54) is 12.8 Å². The van der Waals surface area contributed by atoms with Crippen molar-refractivity contribution in [1.29, 1.82) is 0 Å². The number of hydrogen-bond donors (Lipinski definition) is 2. The van der Waals surface area contributed by atoms with Crippen molar-refractivity contribution >= 4 is 0 Å². The summed E-state index contributed by atoms with van der Waals surface area (Å²) in [6, 6.07) is 0. The molecule has 0 amide bonds. The third-order valence-electron chi connectivity index (χ3n) is 2.21. The average Bonchev–Trinajstić information content (AvgIpc) is 1.81. The predicted molar refractivity (Wildman–Crippen MR) is 43.9 cm³/mol. The second-order valence-corrected chi connectivity index (χ2v) is 3.84. The molecule has 1 rings (SSSR count). The van der Waals surface area contributed by atoms with E-state index in [1.54, 1.807) is 0 Å². The highest BCUT2D eigenvalue weighted by atomic mass is 15.1. The molecular weight excluding hydrogens is 124 g/mol. The number of rotatable bonds is 0. The maximum atomic E-state index is 3.33. The summed E-state index contributed by atoms with van der Waals surface area (Å²) in [5.41, 5.74) is 0.528. The van der Waals surface area contributed by atoms with Gasteiger partial charge in [-0.25, -0.2) is 0 Å². The van der Waals surface area contributed by atoms with Crippen LogP contribution in [0, 0.1) is 5.41 Å². The van der Waals surface area contributed by atoms with Crippen molar-refractivity contribution in [2.75, 3.05) is 19.8 Å². The second-order valence-electron chi connectivity index (χ2n) is 3.84. The molecule has 0 radical (unpaired) electrons. The highest BCUT2D eigenvalue weighted by molar-refractivity contribution is 4.72. The van der Waals surface area contributed by atoms with Crippen LogP contribution in [-0.2, 0) is 0 Å². The Hall–Kier alpha value is -0.0800. The van der Waals surface area contributed by atoms with Crippen LogP contribution in [0.1, 0.15) is 26.7 Å². The molecule has 0 saturated carbocycles. The Balaban J connectivity index is 2.30. The zero-order chi connectivity index (χ0) is 7.45. The van der Waals surface area contributed by atoms with Gasteiger partial charge < -0.3 is 10.6 Å². The normalized spacial score (nSPS) is 27.0. The smallest absolute Gasteiger partial charge is 0.0454 e. The molecule has 10 heavy (non-hydrogen) atoms. The van der Waals surface area contributed by atoms with E-state index in [2.05, 4.69) is 24.5 Å². The Kier molecular flexibility index (Phi) is 2.69. The monoisotopic (exact) mass is 142 g/mol. The molecule has 0 aliphatic carbocycles. The quantitative estimate of drug-likeness (QED) is 0.526. The van der Waals surface area contributed by atoms with Crippen molar-refractivity contribution in [1.82, 2.24) is 10.6 Å². The van der Waals surface area contributed by atoms with Crippen LogP contribution < -0.4 is 10.6 Å². The summed E-state index contributed by atoms with van der Waals surface area (Å²) in [7, 11) is 0. The van der Waals surface area contributed by atoms with Gasteiger partial charge in [-0.2, -0.15) is 0 Å². The average molecular weight is 142 g/mol. The fraction of sp³-hybridized carbons (Fsp3) is 1.00. The van der Waals surface area contributed by atoms with Crippen LogP contribution in [-0.4, -0.2) is 19.8 Å². The van der Waals surface area contributed by atoms with Crippen molar-refractivity contribution in [3.05, 3.63) is 0 Å². The van der Waals surface area contributed by atoms with Gasteiger partial charge in [0, 0.05) is 6.67 Å². The van der Waals surface area contributed by atoms with Crippen molar-refractivity contribution in [3.8, 4) is 0 Å². The van der Waals surface area contributed by atoms with Gasteiger partial charge in [-0.15, -0.1) is 0 Å². The Morgan fingerprint density at radius 2 is 1.50 bits per heavy atom. The summed E-state index contributed by atoms with van der Waals surface area (Å²) in [5, 5.41) is 6.66. The third kappa shape index (κ3) is 2.67. The van der Waals surface area contributed by atoms with E-state index in [4.69, 9.17) is 0 Å². The molecule has 2 N–H and O–H groups in total. The fourth-order valence-electron chi connectivity index (χ4n) is 1.24. The lowest BCUT2D eigenvalue weighted by Crippen LogP contribution is -2.37. The third-order valence-corrected chi connectivity index (χ3v) is 2.21. The molecular formula is C8H18N2. The summed E-state index contributed by atoms with van der Waals surface area (Å²) in [6.45, 7) is 7.96. The van der Waals surface area contributed by atoms with Gasteiger partial charge in [0.2, 0.25) is 0 Å². The summed E-state index contributed by atoms with van der Waals surface area (Å²) in [4.78, 5) is 0. The maximum Gasteiger partial charge on any atom is 0.0454 e. The summed E-state index contributed by atoms with van der Waals surface area (Å²) in [6.07, 6.45) is 2.60. The zero-order valence-corrected chi connectivity index (χ0v) is 7.04. The van der Waals surface area contributed by atoms with Crippen molar-refractivity contribution in [2.45, 2.75) is 26.7 Å². The molecule has 1 heterocycles. The lowest BCUT2D eigenvalue weighted by molar-refractivity contribution is 0.277. The topological polar surface area (TPSA) is 24.1 Å². The number of nitrogens with one attached hydrogen (secondary N) is 2. The van der Waals surface area contributed by atoms with E-state index in [1.807, 2.05) is 0 Å². The molecule has 0 spiro atoms. The van der Waals surface area contributed by atoms with Gasteiger partial charge in [0.1, 0.15) is 0 Å². The van der Waals surface area contributed by atoms with E-state index < -0.39 is 0 Å². The Bertz CT molecular complexity index is 89.4. The van der Waals surface area contributed by atoms with Crippen LogP contribution in [0.25, 0.3) is 0 Å². The van der Waals surface area contributed by atoms with Crippen LogP contribution in [0.2, 0.25) is 0 Å². The molecule has 60 valence electrons. The van der Waals surface area contributed by atoms with Gasteiger partial charge in [-0.05, 0) is 31.3 Å². The van der Waals surface area contributed by atoms with Crippen molar-refractivity contribution < 1.29 is 0 Å². The van der Waals surface area contributed by atoms with Gasteiger partial charge >= 0.3 is 0 Å². The summed E-state index contributed by atoms with van der Waals surface area (Å²) < 4.78 is 0. The highest BCUT2D eigenvalue weighted by Gasteiger charge is 2.17. The molecule has 1 aliphatic heterocycles. The zero-order valence-electron chi connectivity index (χ0n) is 7.04. The molecule has 0 bridgehead atoms. The molecule has 0 aromatic carbocycles. The second kappa shape index (κ2) is 3.35. The van der Waals surface area contributed by atoms with Crippen molar-refractivity contribution in [3.63, 3.8) is 0 Å². The van der Waals surface area contributed by atoms with Crippen LogP contribution >= 0.6 is 0 Å². The van der Waals surface area contributed by atoms with E-state index in [0.29, 0.717) is 5.41 Å². The standard InChI is InChI=1S/C8H18N2/c1-8(2)3-5-9-7-10-6-4-8/h9-10H,3-7H2,1-2H3. The Morgan fingerprint density at radius 1 is 1.00 bits per heavy atom. The van der Waals surface area contributed by atoms with Crippen LogP contribution in [0.4, 0.5) is 0 Å². The highest BCUT2D eigenvalue weighted by Crippen LogP contribution is 2.23. The van der Waals surface area contributed by atoms with Gasteiger partial charge in [0.15, 0.2) is 0 Å². The van der Waals surface area contributed by atoms with E-state index in [-0.39, 0.29) is 0 Å². The molecule has 2 nitrogen and oxygen atoms in total. The van der Waals surface area contributed by atoms with E-state index >= 15 is 0 Å². The minimum absolute atomic E-state index is 0.528. The first-order chi connectivity index (χ1) is 4.71. The molecule has 2 heteroatoms. The minimum Gasteiger partial charge on any atom is -0.304 e. The van der Waals surface area contributed by atoms with Gasteiger partial charge in [0.05, 0.1) is 0 Å². The van der Waals surface area contributed by atoms with Crippen LogP contribution in [0.3, 0.4) is 0 Å². The molecule has 1 saturated heterocycles. The molecule has 1 fully saturated rings. The van der Waals surface area contributed by atoms with E-state index in [0.717, 1.165) is 19.8 Å². The van der Waals surface area contributed by atoms with Gasteiger partial charge in [-0.3, -0.25) is 0 Å². The van der Waals surface area contributed by atoms with Crippen molar-refractivity contribution in [2.24, 2.45) is 5.41 Å². The lowest BCUT2D eigenvalue weighted by atomic mass is 9.85. The van der Waals surface area contributed by atoms with Crippen LogP contribution in [0.15, 0.2) is 0 Å². The summed E-state index contributed by atoms with van der Waals surface area (Å²) in [5.74, 6) is 0. The molecule has 0 aromatic heterocycles. The fourth-order valence-corrected chi connectivity index (χ4v) is 1.24. The maximum absolute atomic E-state index is 3.33. The van der Waals surface area contributed by atoms with Crippen LogP contribution in [0.5, 0.6) is 0 Å². The number of hydrogen-bond acceptors (Lipinski definition) is 2. The first-order valence-corrected chi connectivity index (χ1v) is 4.12. The SMILES string of the molecule is CC1(C)CCNCNCC1. The molecule has 0 atom stereocenters.